The lowest BCUT2D eigenvalue weighted by atomic mass is 10.0. The summed E-state index contributed by atoms with van der Waals surface area (Å²) in [6.07, 6.45) is 17.8. The molecule has 1 atom stereocenters. The number of carbonyl (C=O) groups excluding carboxylic acids is 1. The van der Waals surface area contributed by atoms with Crippen LogP contribution in [0.3, 0.4) is 0 Å². The Morgan fingerprint density at radius 1 is 0.714 bits per heavy atom. The number of ether oxygens (including phenoxy) is 3. The van der Waals surface area contributed by atoms with Crippen molar-refractivity contribution in [3.05, 3.63) is 71.8 Å². The van der Waals surface area contributed by atoms with Gasteiger partial charge in [0.2, 0.25) is 0 Å². The van der Waals surface area contributed by atoms with E-state index < -0.39 is 0 Å². The van der Waals surface area contributed by atoms with Crippen molar-refractivity contribution in [2.75, 3.05) is 13.2 Å². The Labute approximate surface area is 255 Å². The lowest BCUT2D eigenvalue weighted by Crippen LogP contribution is -2.12. The van der Waals surface area contributed by atoms with Crippen LogP contribution in [-0.4, -0.2) is 19.2 Å². The molecule has 0 aromatic heterocycles. The van der Waals surface area contributed by atoms with Gasteiger partial charge in [0, 0.05) is 5.39 Å². The fourth-order valence-corrected chi connectivity index (χ4v) is 5.25. The Morgan fingerprint density at radius 3 is 2.10 bits per heavy atom. The molecule has 0 radical (unpaired) electrons. The molecule has 0 amide bonds. The second-order valence-corrected chi connectivity index (χ2v) is 11.9. The van der Waals surface area contributed by atoms with Gasteiger partial charge >= 0.3 is 5.97 Å². The Bertz CT molecular complexity index is 1150. The first-order valence-corrected chi connectivity index (χ1v) is 16.6. The second-order valence-electron chi connectivity index (χ2n) is 11.9. The first-order valence-electron chi connectivity index (χ1n) is 16.6. The molecule has 0 N–H and O–H groups in total. The molecule has 3 aromatic rings. The number of esters is 1. The fourth-order valence-electron chi connectivity index (χ4n) is 5.25. The molecular formula is C38H54O4. The molecule has 0 heterocycles. The van der Waals surface area contributed by atoms with E-state index in [0.29, 0.717) is 24.7 Å². The molecule has 3 aromatic carbocycles. The Kier molecular flexibility index (Phi) is 15.9. The maximum Gasteiger partial charge on any atom is 0.338 e. The van der Waals surface area contributed by atoms with Crippen molar-refractivity contribution < 1.29 is 19.0 Å². The summed E-state index contributed by atoms with van der Waals surface area (Å²) >= 11 is 0. The van der Waals surface area contributed by atoms with E-state index in [1.165, 1.54) is 77.0 Å². The number of unbranched alkanes of at least 4 members (excludes halogenated alkanes) is 11. The van der Waals surface area contributed by atoms with Crippen LogP contribution in [0.25, 0.3) is 10.8 Å². The molecule has 0 aliphatic heterocycles. The molecule has 0 saturated heterocycles. The van der Waals surface area contributed by atoms with Crippen LogP contribution in [0.5, 0.6) is 11.5 Å². The molecule has 42 heavy (non-hydrogen) atoms. The molecule has 230 valence electrons. The second kappa shape index (κ2) is 20.0. The van der Waals surface area contributed by atoms with E-state index in [1.807, 2.05) is 42.5 Å². The van der Waals surface area contributed by atoms with Gasteiger partial charge in [-0.1, -0.05) is 122 Å². The van der Waals surface area contributed by atoms with Crippen LogP contribution in [-0.2, 0) is 11.3 Å². The molecule has 0 fully saturated rings. The average Bonchev–Trinajstić information content (AvgIpc) is 3.01. The molecule has 0 bridgehead atoms. The largest absolute Gasteiger partial charge is 0.494 e. The van der Waals surface area contributed by atoms with E-state index in [0.717, 1.165) is 47.3 Å². The summed E-state index contributed by atoms with van der Waals surface area (Å²) in [7, 11) is 0. The van der Waals surface area contributed by atoms with Gasteiger partial charge in [-0.2, -0.15) is 0 Å². The van der Waals surface area contributed by atoms with E-state index in [1.54, 1.807) is 0 Å². The van der Waals surface area contributed by atoms with Crippen LogP contribution in [0, 0.1) is 5.92 Å². The number of rotatable bonds is 22. The zero-order chi connectivity index (χ0) is 29.8. The predicted molar refractivity (Wildman–Crippen MR) is 176 cm³/mol. The molecule has 0 spiro atoms. The summed E-state index contributed by atoms with van der Waals surface area (Å²) in [6.45, 7) is 8.32. The van der Waals surface area contributed by atoms with Crippen molar-refractivity contribution in [3.63, 3.8) is 0 Å². The minimum atomic E-state index is -0.255. The minimum absolute atomic E-state index is 0.255. The van der Waals surface area contributed by atoms with E-state index in [2.05, 4.69) is 39.0 Å². The van der Waals surface area contributed by atoms with Crippen molar-refractivity contribution in [2.45, 2.75) is 117 Å². The molecule has 0 unspecified atom stereocenters. The Morgan fingerprint density at radius 2 is 1.38 bits per heavy atom. The van der Waals surface area contributed by atoms with Gasteiger partial charge in [0.05, 0.1) is 18.8 Å². The van der Waals surface area contributed by atoms with Gasteiger partial charge in [0.25, 0.3) is 0 Å². The normalized spacial score (nSPS) is 11.9. The third-order valence-corrected chi connectivity index (χ3v) is 7.96. The summed E-state index contributed by atoms with van der Waals surface area (Å²) in [5, 5.41) is 2.17. The SMILES string of the molecule is CCCCCCCCCCOc1ccc2c(OCc3ccc(C(=O)OC[C@H](C)CCCCCCC)cc3)cccc2c1. The zero-order valence-corrected chi connectivity index (χ0v) is 26.5. The van der Waals surface area contributed by atoms with Crippen LogP contribution >= 0.6 is 0 Å². The highest BCUT2D eigenvalue weighted by atomic mass is 16.5. The Hall–Kier alpha value is -3.01. The molecule has 4 nitrogen and oxygen atoms in total. The van der Waals surface area contributed by atoms with Crippen LogP contribution in [0.4, 0.5) is 0 Å². The quantitative estimate of drug-likeness (QED) is 0.0884. The molecule has 4 heteroatoms. The van der Waals surface area contributed by atoms with Gasteiger partial charge in [-0.3, -0.25) is 0 Å². The number of carbonyl (C=O) groups is 1. The summed E-state index contributed by atoms with van der Waals surface area (Å²) in [6, 6.07) is 19.9. The van der Waals surface area contributed by atoms with Gasteiger partial charge in [0.15, 0.2) is 0 Å². The van der Waals surface area contributed by atoms with Crippen LogP contribution in [0.1, 0.15) is 127 Å². The molecule has 0 saturated carbocycles. The van der Waals surface area contributed by atoms with Gasteiger partial charge < -0.3 is 14.2 Å². The van der Waals surface area contributed by atoms with E-state index in [9.17, 15) is 4.79 Å². The standard InChI is InChI=1S/C38H54O4/c1-4-6-8-10-11-12-14-16-27-40-35-25-26-36-34(28-35)19-17-20-37(36)41-30-32-21-23-33(24-22-32)38(39)42-29-31(3)18-15-13-9-7-5-2/h17,19-26,28,31H,4-16,18,27,29-30H2,1-3H3/t31-/m1/s1. The third kappa shape index (κ3) is 12.5. The number of fused-ring (bicyclic) bond motifs is 1. The zero-order valence-electron chi connectivity index (χ0n) is 26.5. The van der Waals surface area contributed by atoms with Gasteiger partial charge in [-0.15, -0.1) is 0 Å². The van der Waals surface area contributed by atoms with E-state index in [-0.39, 0.29) is 5.97 Å². The number of hydrogen-bond donors (Lipinski definition) is 0. The van der Waals surface area contributed by atoms with Crippen molar-refractivity contribution in [2.24, 2.45) is 5.92 Å². The van der Waals surface area contributed by atoms with E-state index in [4.69, 9.17) is 14.2 Å². The van der Waals surface area contributed by atoms with Crippen LogP contribution in [0.15, 0.2) is 60.7 Å². The molecule has 0 aliphatic carbocycles. The highest BCUT2D eigenvalue weighted by Gasteiger charge is 2.11. The molecule has 3 rings (SSSR count). The topological polar surface area (TPSA) is 44.8 Å². The summed E-state index contributed by atoms with van der Waals surface area (Å²) in [5.41, 5.74) is 1.59. The summed E-state index contributed by atoms with van der Waals surface area (Å²) in [4.78, 5) is 12.5. The maximum atomic E-state index is 12.5. The lowest BCUT2D eigenvalue weighted by Gasteiger charge is -2.13. The number of hydrogen-bond acceptors (Lipinski definition) is 4. The van der Waals surface area contributed by atoms with Crippen LogP contribution in [0.2, 0.25) is 0 Å². The first kappa shape index (κ1) is 33.5. The third-order valence-electron chi connectivity index (χ3n) is 7.96. The lowest BCUT2D eigenvalue weighted by molar-refractivity contribution is 0.0442. The Balaban J connectivity index is 1.40. The smallest absolute Gasteiger partial charge is 0.338 e. The highest BCUT2D eigenvalue weighted by molar-refractivity contribution is 5.90. The fraction of sp³-hybridized carbons (Fsp3) is 0.553. The van der Waals surface area contributed by atoms with Gasteiger partial charge in [-0.05, 0) is 66.1 Å². The molecule has 0 aliphatic rings. The highest BCUT2D eigenvalue weighted by Crippen LogP contribution is 2.29. The first-order chi connectivity index (χ1) is 20.6. The maximum absolute atomic E-state index is 12.5. The van der Waals surface area contributed by atoms with Crippen molar-refractivity contribution in [1.82, 2.24) is 0 Å². The van der Waals surface area contributed by atoms with Crippen molar-refractivity contribution >= 4 is 16.7 Å². The average molecular weight is 575 g/mol. The predicted octanol–water partition coefficient (Wildman–Crippen LogP) is 11.1. The molecular weight excluding hydrogens is 520 g/mol. The van der Waals surface area contributed by atoms with Crippen molar-refractivity contribution in [1.29, 1.82) is 0 Å². The van der Waals surface area contributed by atoms with Gasteiger partial charge in [-0.25, -0.2) is 4.79 Å². The van der Waals surface area contributed by atoms with Crippen molar-refractivity contribution in [3.8, 4) is 11.5 Å². The summed E-state index contributed by atoms with van der Waals surface area (Å²) in [5.74, 6) is 1.89. The van der Waals surface area contributed by atoms with E-state index >= 15 is 0 Å². The number of benzene rings is 3. The van der Waals surface area contributed by atoms with Crippen LogP contribution < -0.4 is 9.47 Å². The van der Waals surface area contributed by atoms with Gasteiger partial charge in [0.1, 0.15) is 18.1 Å². The minimum Gasteiger partial charge on any atom is -0.494 e. The monoisotopic (exact) mass is 574 g/mol. The summed E-state index contributed by atoms with van der Waals surface area (Å²) < 4.78 is 17.8.